The summed E-state index contributed by atoms with van der Waals surface area (Å²) in [6, 6.07) is 8.55. The number of hydrogen-bond acceptors (Lipinski definition) is 4. The highest BCUT2D eigenvalue weighted by molar-refractivity contribution is 5.97. The Morgan fingerprint density at radius 2 is 2.16 bits per heavy atom. The van der Waals surface area contributed by atoms with Gasteiger partial charge in [0.1, 0.15) is 0 Å². The van der Waals surface area contributed by atoms with Crippen LogP contribution in [0.3, 0.4) is 0 Å². The Kier molecular flexibility index (Phi) is 3.12. The van der Waals surface area contributed by atoms with E-state index in [4.69, 9.17) is 5.26 Å². The predicted octanol–water partition coefficient (Wildman–Crippen LogP) is 2.44. The number of hydrogen-bond donors (Lipinski definition) is 0. The molecule has 1 heterocycles. The monoisotopic (exact) mass is 255 g/mol. The Morgan fingerprint density at radius 3 is 2.74 bits per heavy atom. The maximum absolute atomic E-state index is 11.5. The number of carbonyl (C=O) groups is 1. The molecule has 2 aromatic rings. The number of carbonyl (C=O) groups excluding carboxylic acids is 1. The number of aromatic nitrogens is 1. The summed E-state index contributed by atoms with van der Waals surface area (Å²) in [5.41, 5.74) is 0.562. The van der Waals surface area contributed by atoms with E-state index in [9.17, 15) is 14.9 Å². The Hall–Kier alpha value is -2.94. The van der Waals surface area contributed by atoms with Crippen LogP contribution in [-0.2, 0) is 0 Å². The fourth-order valence-electron chi connectivity index (χ4n) is 1.85. The van der Waals surface area contributed by atoms with Crippen LogP contribution in [0.2, 0.25) is 0 Å². The molecule has 6 heteroatoms. The highest BCUT2D eigenvalue weighted by Crippen LogP contribution is 2.23. The van der Waals surface area contributed by atoms with Crippen LogP contribution in [0.25, 0.3) is 17.0 Å². The molecule has 0 N–H and O–H groups in total. The van der Waals surface area contributed by atoms with Gasteiger partial charge in [0, 0.05) is 30.1 Å². The second kappa shape index (κ2) is 4.74. The summed E-state index contributed by atoms with van der Waals surface area (Å²) < 4.78 is 1.40. The first-order chi connectivity index (χ1) is 9.04. The molecule has 0 radical (unpaired) electrons. The van der Waals surface area contributed by atoms with Crippen LogP contribution in [0.5, 0.6) is 0 Å². The Morgan fingerprint density at radius 1 is 1.47 bits per heavy atom. The summed E-state index contributed by atoms with van der Waals surface area (Å²) >= 11 is 0. The summed E-state index contributed by atoms with van der Waals surface area (Å²) in [6.07, 6.45) is 2.66. The van der Waals surface area contributed by atoms with E-state index in [1.54, 1.807) is 24.3 Å². The predicted molar refractivity (Wildman–Crippen MR) is 68.8 cm³/mol. The minimum atomic E-state index is -0.750. The number of allylic oxidation sites excluding steroid dienone is 1. The molecule has 0 spiro atoms. The summed E-state index contributed by atoms with van der Waals surface area (Å²) in [5.74, 6) is -0.199. The second-order valence-electron chi connectivity index (χ2n) is 3.89. The fourth-order valence-corrected chi connectivity index (χ4v) is 1.85. The van der Waals surface area contributed by atoms with E-state index in [2.05, 4.69) is 0 Å². The molecule has 0 saturated heterocycles. The Balaban J connectivity index is 2.72. The molecule has 0 aliphatic heterocycles. The lowest BCUT2D eigenvalue weighted by molar-refractivity contribution is -0.415. The largest absolute Gasteiger partial charge is 0.346 e. The van der Waals surface area contributed by atoms with Gasteiger partial charge in [0.05, 0.1) is 10.4 Å². The van der Waals surface area contributed by atoms with E-state index in [-0.39, 0.29) is 5.91 Å². The van der Waals surface area contributed by atoms with Gasteiger partial charge in [-0.3, -0.25) is 19.5 Å². The Bertz CT molecular complexity index is 750. The third-order valence-electron chi connectivity index (χ3n) is 2.69. The van der Waals surface area contributed by atoms with Crippen molar-refractivity contribution in [1.29, 1.82) is 5.26 Å². The van der Waals surface area contributed by atoms with Crippen molar-refractivity contribution in [3.8, 4) is 6.07 Å². The zero-order chi connectivity index (χ0) is 14.0. The summed E-state index contributed by atoms with van der Waals surface area (Å²) in [5, 5.41) is 20.1. The van der Waals surface area contributed by atoms with Crippen molar-refractivity contribution in [2.24, 2.45) is 0 Å². The molecule has 2 rings (SSSR count). The molecule has 19 heavy (non-hydrogen) atoms. The lowest BCUT2D eigenvalue weighted by Gasteiger charge is -1.96. The van der Waals surface area contributed by atoms with E-state index in [1.807, 2.05) is 0 Å². The van der Waals surface area contributed by atoms with Gasteiger partial charge in [-0.25, -0.2) is 0 Å². The number of nitro groups is 1. The molecule has 0 unspecified atom stereocenters. The van der Waals surface area contributed by atoms with Crippen molar-refractivity contribution in [3.05, 3.63) is 51.8 Å². The normalized spacial score (nSPS) is 11.3. The molecule has 1 aromatic heterocycles. The highest BCUT2D eigenvalue weighted by atomic mass is 16.6. The second-order valence-corrected chi connectivity index (χ2v) is 3.89. The molecule has 0 saturated carbocycles. The quantitative estimate of drug-likeness (QED) is 0.468. The van der Waals surface area contributed by atoms with E-state index >= 15 is 0 Å². The number of benzene rings is 1. The van der Waals surface area contributed by atoms with E-state index in [1.165, 1.54) is 29.8 Å². The summed E-state index contributed by atoms with van der Waals surface area (Å²) in [7, 11) is 0. The Labute approximate surface area is 108 Å². The minimum Gasteiger partial charge on any atom is -0.287 e. The van der Waals surface area contributed by atoms with Crippen molar-refractivity contribution in [3.63, 3.8) is 0 Å². The van der Waals surface area contributed by atoms with Crippen molar-refractivity contribution in [2.75, 3.05) is 0 Å². The van der Waals surface area contributed by atoms with Crippen LogP contribution in [0.4, 0.5) is 0 Å². The van der Waals surface area contributed by atoms with Crippen LogP contribution in [-0.4, -0.2) is 15.4 Å². The molecule has 0 atom stereocenters. The summed E-state index contributed by atoms with van der Waals surface area (Å²) in [4.78, 5) is 21.4. The van der Waals surface area contributed by atoms with Crippen molar-refractivity contribution >= 4 is 22.9 Å². The lowest BCUT2D eigenvalue weighted by Crippen LogP contribution is -2.02. The smallest absolute Gasteiger partial charge is 0.287 e. The number of rotatable bonds is 2. The van der Waals surface area contributed by atoms with Crippen molar-refractivity contribution < 1.29 is 9.72 Å². The van der Waals surface area contributed by atoms with Gasteiger partial charge in [0.25, 0.3) is 0 Å². The molecule has 94 valence electrons. The third-order valence-corrected chi connectivity index (χ3v) is 2.69. The lowest BCUT2D eigenvalue weighted by atomic mass is 10.1. The first-order valence-corrected chi connectivity index (χ1v) is 5.42. The molecule has 6 nitrogen and oxygen atoms in total. The zero-order valence-corrected chi connectivity index (χ0v) is 10.0. The van der Waals surface area contributed by atoms with Gasteiger partial charge in [-0.1, -0.05) is 18.2 Å². The first kappa shape index (κ1) is 12.5. The number of nitriles is 1. The minimum absolute atomic E-state index is 0.199. The van der Waals surface area contributed by atoms with Gasteiger partial charge in [0.2, 0.25) is 5.91 Å². The van der Waals surface area contributed by atoms with Crippen molar-refractivity contribution in [2.45, 2.75) is 6.92 Å². The topological polar surface area (TPSA) is 88.9 Å². The average molecular weight is 255 g/mol. The van der Waals surface area contributed by atoms with E-state index < -0.39 is 10.6 Å². The van der Waals surface area contributed by atoms with Gasteiger partial charge in [-0.2, -0.15) is 5.26 Å². The molecular weight excluding hydrogens is 246 g/mol. The summed E-state index contributed by atoms with van der Waals surface area (Å²) in [6.45, 7) is 1.40. The van der Waals surface area contributed by atoms with Crippen LogP contribution >= 0.6 is 0 Å². The zero-order valence-electron chi connectivity index (χ0n) is 10.0. The first-order valence-electron chi connectivity index (χ1n) is 5.42. The van der Waals surface area contributed by atoms with Crippen LogP contribution in [0.1, 0.15) is 17.3 Å². The van der Waals surface area contributed by atoms with Gasteiger partial charge in [-0.05, 0) is 6.07 Å². The SMILES string of the molecule is CC(=O)n1cc(C=C(C#N)[N+](=O)[O-])c2ccccc21. The van der Waals surface area contributed by atoms with Gasteiger partial charge < -0.3 is 0 Å². The van der Waals surface area contributed by atoms with Gasteiger partial charge in [-0.15, -0.1) is 0 Å². The maximum Gasteiger partial charge on any atom is 0.346 e. The number of fused-ring (bicyclic) bond motifs is 1. The molecule has 0 fully saturated rings. The molecular formula is C13H9N3O3. The molecule has 1 aromatic carbocycles. The van der Waals surface area contributed by atoms with Crippen LogP contribution in [0.15, 0.2) is 36.2 Å². The van der Waals surface area contributed by atoms with E-state index in [0.717, 1.165) is 0 Å². The molecule has 0 aliphatic rings. The molecule has 0 bridgehead atoms. The van der Waals surface area contributed by atoms with Gasteiger partial charge >= 0.3 is 5.70 Å². The number of para-hydroxylation sites is 1. The van der Waals surface area contributed by atoms with Gasteiger partial charge in [0.15, 0.2) is 6.07 Å². The van der Waals surface area contributed by atoms with Crippen molar-refractivity contribution in [1.82, 2.24) is 4.57 Å². The molecule has 0 amide bonds. The molecule has 0 aliphatic carbocycles. The third kappa shape index (κ3) is 2.21. The van der Waals surface area contributed by atoms with E-state index in [0.29, 0.717) is 16.5 Å². The van der Waals surface area contributed by atoms with Crippen LogP contribution in [0, 0.1) is 21.4 Å². The fraction of sp³-hybridized carbons (Fsp3) is 0.0769. The number of nitrogens with zero attached hydrogens (tertiary/aromatic N) is 3. The average Bonchev–Trinajstić information content (AvgIpc) is 2.74. The highest BCUT2D eigenvalue weighted by Gasteiger charge is 2.14. The standard InChI is InChI=1S/C13H9N3O3/c1-9(17)15-8-10(6-11(7-14)16(18)19)12-4-2-3-5-13(12)15/h2-6,8H,1H3. The van der Waals surface area contributed by atoms with Crippen LogP contribution < -0.4 is 0 Å². The maximum atomic E-state index is 11.5.